The van der Waals surface area contributed by atoms with Gasteiger partial charge in [-0.25, -0.2) is 9.79 Å². The smallest absolute Gasteiger partial charge is 0.338 e. The second-order valence-corrected chi connectivity index (χ2v) is 12.1. The third kappa shape index (κ3) is 5.78. The molecule has 0 amide bonds. The molecule has 0 radical (unpaired) electrons. The molecule has 11 heteroatoms. The monoisotopic (exact) mass is 679 g/mol. The molecule has 2 aromatic carbocycles. The van der Waals surface area contributed by atoms with Crippen LogP contribution in [0.2, 0.25) is 0 Å². The minimum Gasteiger partial charge on any atom is -0.496 e. The van der Waals surface area contributed by atoms with Gasteiger partial charge in [-0.05, 0) is 57.5 Å². The number of nitrogens with zero attached hydrogens (tertiary/aromatic N) is 3. The summed E-state index contributed by atoms with van der Waals surface area (Å²) in [6.45, 7) is 8.01. The van der Waals surface area contributed by atoms with Crippen LogP contribution in [-0.2, 0) is 25.6 Å². The van der Waals surface area contributed by atoms with E-state index in [2.05, 4.69) is 15.9 Å². The summed E-state index contributed by atoms with van der Waals surface area (Å²) in [5.41, 5.74) is 3.78. The number of fused-ring (bicyclic) bond motifs is 2. The highest BCUT2D eigenvalue weighted by molar-refractivity contribution is 9.10. The molecule has 230 valence electrons. The molecule has 4 aromatic rings. The van der Waals surface area contributed by atoms with Gasteiger partial charge in [-0.2, -0.15) is 0 Å². The van der Waals surface area contributed by atoms with Crippen molar-refractivity contribution in [2.24, 2.45) is 4.99 Å². The Balaban J connectivity index is 1.79. The molecule has 3 heterocycles. The molecule has 1 aliphatic rings. The largest absolute Gasteiger partial charge is 0.496 e. The lowest BCUT2D eigenvalue weighted by Crippen LogP contribution is -2.40. The molecule has 1 atom stereocenters. The topological polar surface area (TPSA) is 101 Å². The quantitative estimate of drug-likeness (QED) is 0.214. The molecule has 0 spiro atoms. The first kappa shape index (κ1) is 31.5. The van der Waals surface area contributed by atoms with Crippen molar-refractivity contribution in [1.82, 2.24) is 9.13 Å². The minimum absolute atomic E-state index is 0.0568. The standard InChI is InChI=1S/C33H34BrN3O6S/c1-6-11-24-29(32(40)43-8-3)30(23-16-20(34)14-15-26(23)41-5)37-31(39)27(44-33(37)35-24)17-22-19(4)36(18-28(38)42-7-2)25-13-10-9-12-21(22)25/h9-10,12-17,30H,6-8,11,18H2,1-5H3/b27-17+/t30-/m1/s1. The molecule has 5 rings (SSSR count). The summed E-state index contributed by atoms with van der Waals surface area (Å²) in [4.78, 5) is 45.7. The maximum atomic E-state index is 14.4. The highest BCUT2D eigenvalue weighted by Gasteiger charge is 2.36. The van der Waals surface area contributed by atoms with E-state index in [0.717, 1.165) is 33.1 Å². The number of benzene rings is 2. The van der Waals surface area contributed by atoms with Gasteiger partial charge in [-0.15, -0.1) is 0 Å². The van der Waals surface area contributed by atoms with Crippen LogP contribution in [0.15, 0.2) is 68.0 Å². The van der Waals surface area contributed by atoms with Crippen LogP contribution in [0.3, 0.4) is 0 Å². The molecule has 0 saturated heterocycles. The van der Waals surface area contributed by atoms with Gasteiger partial charge in [0.2, 0.25) is 0 Å². The van der Waals surface area contributed by atoms with Gasteiger partial charge in [-0.3, -0.25) is 14.2 Å². The van der Waals surface area contributed by atoms with E-state index in [1.165, 1.54) is 11.3 Å². The number of carbonyl (C=O) groups excluding carboxylic acids is 2. The summed E-state index contributed by atoms with van der Waals surface area (Å²) < 4.78 is 21.2. The fraction of sp³-hybridized carbons (Fsp3) is 0.333. The van der Waals surface area contributed by atoms with Crippen LogP contribution >= 0.6 is 27.3 Å². The van der Waals surface area contributed by atoms with E-state index in [9.17, 15) is 14.4 Å². The Labute approximate surface area is 267 Å². The number of hydrogen-bond acceptors (Lipinski definition) is 8. The van der Waals surface area contributed by atoms with Gasteiger partial charge in [0.25, 0.3) is 5.56 Å². The second-order valence-electron chi connectivity index (χ2n) is 10.2. The predicted octanol–water partition coefficient (Wildman–Crippen LogP) is 5.18. The molecule has 0 unspecified atom stereocenters. The van der Waals surface area contributed by atoms with Crippen molar-refractivity contribution >= 4 is 56.2 Å². The molecule has 0 bridgehead atoms. The Morgan fingerprint density at radius 3 is 2.55 bits per heavy atom. The molecule has 1 aliphatic heterocycles. The molecule has 9 nitrogen and oxygen atoms in total. The lowest BCUT2D eigenvalue weighted by molar-refractivity contribution is -0.143. The molecule has 0 N–H and O–H groups in total. The molecule has 2 aromatic heterocycles. The maximum Gasteiger partial charge on any atom is 0.338 e. The fourth-order valence-electron chi connectivity index (χ4n) is 5.64. The van der Waals surface area contributed by atoms with Crippen LogP contribution in [-0.4, -0.2) is 41.4 Å². The van der Waals surface area contributed by atoms with Crippen LogP contribution < -0.4 is 19.6 Å². The van der Waals surface area contributed by atoms with Crippen molar-refractivity contribution < 1.29 is 23.8 Å². The van der Waals surface area contributed by atoms with Crippen molar-refractivity contribution in [3.05, 3.63) is 94.7 Å². The zero-order valence-corrected chi connectivity index (χ0v) is 27.7. The third-order valence-electron chi connectivity index (χ3n) is 7.53. The average molecular weight is 681 g/mol. The van der Waals surface area contributed by atoms with Gasteiger partial charge in [0.05, 0.1) is 36.1 Å². The van der Waals surface area contributed by atoms with Gasteiger partial charge in [-0.1, -0.05) is 58.8 Å². The molecular weight excluding hydrogens is 646 g/mol. The first-order chi connectivity index (χ1) is 21.2. The summed E-state index contributed by atoms with van der Waals surface area (Å²) in [7, 11) is 1.56. The van der Waals surface area contributed by atoms with E-state index >= 15 is 0 Å². The van der Waals surface area contributed by atoms with E-state index in [4.69, 9.17) is 19.2 Å². The minimum atomic E-state index is -0.812. The van der Waals surface area contributed by atoms with E-state index in [1.807, 2.05) is 60.9 Å². The van der Waals surface area contributed by atoms with Gasteiger partial charge in [0.15, 0.2) is 4.80 Å². The molecular formula is C33H34BrN3O6S. The number of rotatable bonds is 10. The molecule has 0 aliphatic carbocycles. The third-order valence-corrected chi connectivity index (χ3v) is 9.00. The van der Waals surface area contributed by atoms with Crippen LogP contribution in [0.5, 0.6) is 5.75 Å². The lowest BCUT2D eigenvalue weighted by Gasteiger charge is -2.27. The van der Waals surface area contributed by atoms with Crippen molar-refractivity contribution in [2.75, 3.05) is 20.3 Å². The lowest BCUT2D eigenvalue weighted by atomic mass is 9.93. The number of methoxy groups -OCH3 is 1. The van der Waals surface area contributed by atoms with E-state index < -0.39 is 12.0 Å². The van der Waals surface area contributed by atoms with Crippen LogP contribution in [0.25, 0.3) is 17.0 Å². The van der Waals surface area contributed by atoms with Gasteiger partial charge >= 0.3 is 11.9 Å². The van der Waals surface area contributed by atoms with Crippen LogP contribution in [0.4, 0.5) is 0 Å². The summed E-state index contributed by atoms with van der Waals surface area (Å²) in [5, 5.41) is 0.907. The number of ether oxygens (including phenoxy) is 3. The fourth-order valence-corrected chi connectivity index (χ4v) is 7.03. The van der Waals surface area contributed by atoms with E-state index in [1.54, 1.807) is 31.6 Å². The van der Waals surface area contributed by atoms with Crippen LogP contribution in [0.1, 0.15) is 56.5 Å². The Hall–Kier alpha value is -3.96. The van der Waals surface area contributed by atoms with Crippen molar-refractivity contribution in [2.45, 2.75) is 53.1 Å². The number of carbonyl (C=O) groups is 2. The zero-order valence-electron chi connectivity index (χ0n) is 25.3. The highest BCUT2D eigenvalue weighted by Crippen LogP contribution is 2.38. The summed E-state index contributed by atoms with van der Waals surface area (Å²) in [6.07, 6.45) is 3.14. The number of para-hydroxylation sites is 1. The average Bonchev–Trinajstić information content (AvgIpc) is 3.45. The zero-order chi connectivity index (χ0) is 31.5. The number of esters is 2. The Morgan fingerprint density at radius 1 is 1.09 bits per heavy atom. The van der Waals surface area contributed by atoms with E-state index in [0.29, 0.717) is 44.9 Å². The predicted molar refractivity (Wildman–Crippen MR) is 174 cm³/mol. The number of allylic oxidation sites excluding steroid dienone is 1. The Morgan fingerprint density at radius 2 is 1.84 bits per heavy atom. The first-order valence-corrected chi connectivity index (χ1v) is 16.1. The van der Waals surface area contributed by atoms with Gasteiger partial charge < -0.3 is 18.8 Å². The van der Waals surface area contributed by atoms with Crippen molar-refractivity contribution in [1.29, 1.82) is 0 Å². The molecule has 0 fully saturated rings. The Bertz CT molecular complexity index is 1970. The second kappa shape index (κ2) is 13.4. The maximum absolute atomic E-state index is 14.4. The normalized spacial score (nSPS) is 14.9. The number of halogens is 1. The summed E-state index contributed by atoms with van der Waals surface area (Å²) in [5.74, 6) is -0.315. The first-order valence-electron chi connectivity index (χ1n) is 14.5. The number of thiazole rings is 1. The van der Waals surface area contributed by atoms with Crippen molar-refractivity contribution in [3.63, 3.8) is 0 Å². The van der Waals surface area contributed by atoms with Gasteiger partial charge in [0.1, 0.15) is 18.3 Å². The number of hydrogen-bond donors (Lipinski definition) is 0. The van der Waals surface area contributed by atoms with Crippen molar-refractivity contribution in [3.8, 4) is 5.75 Å². The van der Waals surface area contributed by atoms with Gasteiger partial charge in [0, 0.05) is 32.2 Å². The number of aromatic nitrogens is 2. The highest BCUT2D eigenvalue weighted by atomic mass is 79.9. The summed E-state index contributed by atoms with van der Waals surface area (Å²) in [6, 6.07) is 12.5. The molecule has 44 heavy (non-hydrogen) atoms. The summed E-state index contributed by atoms with van der Waals surface area (Å²) >= 11 is 4.82. The Kier molecular flexibility index (Phi) is 9.55. The SMILES string of the molecule is CCCC1=C(C(=O)OCC)[C@@H](c2cc(Br)ccc2OC)n2c(s/c(=C/c3c(C)n(CC(=O)OCC)c4ccccc34)c2=O)=N1. The van der Waals surface area contributed by atoms with Crippen LogP contribution in [0, 0.1) is 6.92 Å². The molecule has 0 saturated carbocycles. The van der Waals surface area contributed by atoms with E-state index in [-0.39, 0.29) is 24.7 Å².